The summed E-state index contributed by atoms with van der Waals surface area (Å²) in [6.45, 7) is 9.20. The topological polar surface area (TPSA) is 68.5 Å². The van der Waals surface area contributed by atoms with E-state index in [0.717, 1.165) is 54.6 Å². The fourth-order valence-electron chi connectivity index (χ4n) is 5.36. The number of nitrogens with zero attached hydrogens (tertiary/aromatic N) is 3. The second kappa shape index (κ2) is 11.1. The van der Waals surface area contributed by atoms with Gasteiger partial charge < -0.3 is 10.2 Å². The van der Waals surface area contributed by atoms with E-state index in [0.29, 0.717) is 36.3 Å². The van der Waals surface area contributed by atoms with Crippen LogP contribution in [0.25, 0.3) is 0 Å². The average molecular weight is 487 g/mol. The number of allylic oxidation sites excluding steroid dienone is 2. The van der Waals surface area contributed by atoms with Crippen molar-refractivity contribution >= 4 is 12.6 Å². The summed E-state index contributed by atoms with van der Waals surface area (Å²) in [6, 6.07) is 12.9. The Morgan fingerprint density at radius 2 is 1.86 bits per heavy atom. The van der Waals surface area contributed by atoms with Gasteiger partial charge in [0.15, 0.2) is 0 Å². The van der Waals surface area contributed by atoms with Crippen molar-refractivity contribution in [1.82, 2.24) is 10.2 Å². The number of halogens is 1. The van der Waals surface area contributed by atoms with E-state index < -0.39 is 5.67 Å². The first-order valence-electron chi connectivity index (χ1n) is 12.9. The van der Waals surface area contributed by atoms with Gasteiger partial charge in [0.1, 0.15) is 5.67 Å². The molecule has 1 N–H and O–H groups in total. The van der Waals surface area contributed by atoms with E-state index in [-0.39, 0.29) is 18.7 Å². The second-order valence-corrected chi connectivity index (χ2v) is 9.88. The van der Waals surface area contributed by atoms with Gasteiger partial charge in [-0.15, -0.1) is 0 Å². The minimum absolute atomic E-state index is 0.0383. The van der Waals surface area contributed by atoms with Gasteiger partial charge >= 0.3 is 0 Å². The lowest BCUT2D eigenvalue weighted by atomic mass is 9.85. The van der Waals surface area contributed by atoms with E-state index >= 15 is 4.39 Å². The Morgan fingerprint density at radius 1 is 1.17 bits per heavy atom. The average Bonchev–Trinajstić information content (AvgIpc) is 2.92. The lowest BCUT2D eigenvalue weighted by Gasteiger charge is -2.37. The Morgan fingerprint density at radius 3 is 2.50 bits per heavy atom. The zero-order valence-corrected chi connectivity index (χ0v) is 21.4. The van der Waals surface area contributed by atoms with Crippen LogP contribution >= 0.6 is 0 Å². The molecule has 0 aromatic heterocycles. The SMILES string of the molecule is C=NC1=C(NCc2cc(C(=O)N3CCC(F)(c4ccc(C#N)cc4)CC3)c(C)cc2CC)CCCC1. The van der Waals surface area contributed by atoms with Crippen molar-refractivity contribution in [2.75, 3.05) is 13.1 Å². The normalized spacial score (nSPS) is 17.4. The van der Waals surface area contributed by atoms with Crippen molar-refractivity contribution in [2.24, 2.45) is 4.99 Å². The number of aryl methyl sites for hydroxylation is 2. The van der Waals surface area contributed by atoms with Gasteiger partial charge in [0, 0.05) is 43.7 Å². The van der Waals surface area contributed by atoms with Gasteiger partial charge in [0.05, 0.1) is 17.3 Å². The summed E-state index contributed by atoms with van der Waals surface area (Å²) in [6.07, 6.45) is 5.60. The van der Waals surface area contributed by atoms with Crippen LogP contribution in [0.15, 0.2) is 52.8 Å². The molecule has 1 amide bonds. The number of benzene rings is 2. The number of piperidine rings is 1. The molecule has 0 bridgehead atoms. The van der Waals surface area contributed by atoms with Crippen LogP contribution in [0.2, 0.25) is 0 Å². The van der Waals surface area contributed by atoms with Crippen LogP contribution in [-0.4, -0.2) is 30.6 Å². The molecule has 0 unspecified atom stereocenters. The molecule has 0 atom stereocenters. The highest BCUT2D eigenvalue weighted by atomic mass is 19.1. The quantitative estimate of drug-likeness (QED) is 0.481. The smallest absolute Gasteiger partial charge is 0.254 e. The molecular formula is C30H35FN4O. The van der Waals surface area contributed by atoms with Crippen molar-refractivity contribution < 1.29 is 9.18 Å². The molecule has 0 spiro atoms. The number of carbonyl (C=O) groups excluding carboxylic acids is 1. The highest BCUT2D eigenvalue weighted by molar-refractivity contribution is 5.96. The van der Waals surface area contributed by atoms with E-state index in [1.54, 1.807) is 29.2 Å². The van der Waals surface area contributed by atoms with Crippen LogP contribution in [0, 0.1) is 18.3 Å². The molecule has 1 heterocycles. The maximum atomic E-state index is 15.7. The van der Waals surface area contributed by atoms with Crippen molar-refractivity contribution in [3.63, 3.8) is 0 Å². The lowest BCUT2D eigenvalue weighted by molar-refractivity contribution is 0.0421. The zero-order valence-electron chi connectivity index (χ0n) is 21.4. The Hall–Kier alpha value is -3.46. The first-order valence-corrected chi connectivity index (χ1v) is 12.9. The summed E-state index contributed by atoms with van der Waals surface area (Å²) >= 11 is 0. The van der Waals surface area contributed by atoms with Crippen LogP contribution in [0.5, 0.6) is 0 Å². The van der Waals surface area contributed by atoms with Gasteiger partial charge in [-0.05, 0) is 86.2 Å². The minimum Gasteiger partial charge on any atom is -0.383 e. The number of nitriles is 1. The molecule has 0 saturated carbocycles. The fourth-order valence-corrected chi connectivity index (χ4v) is 5.36. The van der Waals surface area contributed by atoms with Crippen molar-refractivity contribution in [2.45, 2.75) is 71.0 Å². The van der Waals surface area contributed by atoms with E-state index in [4.69, 9.17) is 5.26 Å². The van der Waals surface area contributed by atoms with Crippen LogP contribution in [0.3, 0.4) is 0 Å². The summed E-state index contributed by atoms with van der Waals surface area (Å²) in [5, 5.41) is 12.6. The van der Waals surface area contributed by atoms with E-state index in [1.165, 1.54) is 5.56 Å². The molecule has 4 rings (SSSR count). The second-order valence-electron chi connectivity index (χ2n) is 9.88. The summed E-state index contributed by atoms with van der Waals surface area (Å²) in [5.74, 6) is -0.0383. The standard InChI is InChI=1S/C30H35FN4O/c1-4-23-17-21(2)26(18-24(23)20-34-28-8-6-5-7-27(28)33-3)29(36)35-15-13-30(31,14-16-35)25-11-9-22(19-32)10-12-25/h9-12,17-18,34H,3-8,13-16,20H2,1-2H3. The Balaban J connectivity index is 1.49. The van der Waals surface area contributed by atoms with Gasteiger partial charge in [-0.3, -0.25) is 9.79 Å². The number of likely N-dealkylation sites (tertiary alicyclic amines) is 1. The summed E-state index contributed by atoms with van der Waals surface area (Å²) in [5.41, 5.74) is 5.80. The molecule has 36 heavy (non-hydrogen) atoms. The molecule has 1 aliphatic carbocycles. The van der Waals surface area contributed by atoms with Gasteiger partial charge in [0.25, 0.3) is 5.91 Å². The van der Waals surface area contributed by atoms with E-state index in [9.17, 15) is 4.79 Å². The largest absolute Gasteiger partial charge is 0.383 e. The fraction of sp³-hybridized carbons (Fsp3) is 0.433. The number of alkyl halides is 1. The van der Waals surface area contributed by atoms with Gasteiger partial charge in [0.2, 0.25) is 0 Å². The van der Waals surface area contributed by atoms with Crippen LogP contribution in [0.4, 0.5) is 4.39 Å². The number of hydrogen-bond acceptors (Lipinski definition) is 4. The molecule has 2 aromatic carbocycles. The molecule has 1 saturated heterocycles. The van der Waals surface area contributed by atoms with Gasteiger partial charge in [-0.2, -0.15) is 5.26 Å². The Kier molecular flexibility index (Phi) is 7.88. The summed E-state index contributed by atoms with van der Waals surface area (Å²) < 4.78 is 15.7. The number of nitrogens with one attached hydrogen (secondary N) is 1. The lowest BCUT2D eigenvalue weighted by Crippen LogP contribution is -2.43. The number of aliphatic imine (C=N–C) groups is 1. The van der Waals surface area contributed by atoms with Crippen LogP contribution < -0.4 is 5.32 Å². The molecule has 1 fully saturated rings. The predicted octanol–water partition coefficient (Wildman–Crippen LogP) is 6.11. The monoisotopic (exact) mass is 486 g/mol. The van der Waals surface area contributed by atoms with E-state index in [2.05, 4.69) is 36.1 Å². The highest BCUT2D eigenvalue weighted by Gasteiger charge is 2.38. The number of rotatable bonds is 7. The molecular weight excluding hydrogens is 451 g/mol. The molecule has 188 valence electrons. The third kappa shape index (κ3) is 5.36. The molecule has 0 radical (unpaired) electrons. The first kappa shape index (κ1) is 25.6. The Labute approximate surface area is 213 Å². The molecule has 2 aromatic rings. The number of amides is 1. The summed E-state index contributed by atoms with van der Waals surface area (Å²) in [7, 11) is 0. The van der Waals surface area contributed by atoms with Crippen molar-refractivity contribution in [1.29, 1.82) is 5.26 Å². The number of hydrogen-bond donors (Lipinski definition) is 1. The van der Waals surface area contributed by atoms with Gasteiger partial charge in [-0.25, -0.2) is 4.39 Å². The predicted molar refractivity (Wildman–Crippen MR) is 142 cm³/mol. The van der Waals surface area contributed by atoms with Crippen LogP contribution in [0.1, 0.15) is 83.6 Å². The molecule has 1 aliphatic heterocycles. The maximum absolute atomic E-state index is 15.7. The molecule has 5 nitrogen and oxygen atoms in total. The molecule has 2 aliphatic rings. The highest BCUT2D eigenvalue weighted by Crippen LogP contribution is 2.37. The number of carbonyl (C=O) groups is 1. The zero-order chi connectivity index (χ0) is 25.7. The molecule has 6 heteroatoms. The van der Waals surface area contributed by atoms with Crippen molar-refractivity contribution in [3.05, 3.63) is 81.2 Å². The maximum Gasteiger partial charge on any atom is 0.254 e. The first-order chi connectivity index (χ1) is 17.4. The van der Waals surface area contributed by atoms with Crippen LogP contribution in [-0.2, 0) is 18.6 Å². The van der Waals surface area contributed by atoms with E-state index in [1.807, 2.05) is 13.0 Å². The van der Waals surface area contributed by atoms with Gasteiger partial charge in [-0.1, -0.05) is 25.1 Å². The third-order valence-corrected chi connectivity index (χ3v) is 7.65. The minimum atomic E-state index is -1.48. The summed E-state index contributed by atoms with van der Waals surface area (Å²) in [4.78, 5) is 19.5. The van der Waals surface area contributed by atoms with Crippen molar-refractivity contribution in [3.8, 4) is 6.07 Å². The Bertz CT molecular complexity index is 1200. The third-order valence-electron chi connectivity index (χ3n) is 7.65.